The summed E-state index contributed by atoms with van der Waals surface area (Å²) >= 11 is 5.70. The molecule has 1 heterocycles. The summed E-state index contributed by atoms with van der Waals surface area (Å²) in [6, 6.07) is 17.2. The number of rotatable bonds is 3. The van der Waals surface area contributed by atoms with E-state index in [0.29, 0.717) is 0 Å². The van der Waals surface area contributed by atoms with E-state index in [4.69, 9.17) is 16.3 Å². The van der Waals surface area contributed by atoms with E-state index < -0.39 is 11.7 Å². The van der Waals surface area contributed by atoms with E-state index in [9.17, 15) is 9.59 Å². The number of H-pyrrole nitrogens is 1. The molecule has 0 aliphatic heterocycles. The Kier molecular flexibility index (Phi) is 4.18. The molecule has 3 aromatic rings. The van der Waals surface area contributed by atoms with Gasteiger partial charge in [-0.15, -0.1) is 0 Å². The molecule has 26 heavy (non-hydrogen) atoms. The molecule has 0 unspecified atom stereocenters. The molecular formula is C19H14ClN3O3. The first-order valence-corrected chi connectivity index (χ1v) is 8.38. The fourth-order valence-corrected chi connectivity index (χ4v) is 3.40. The highest BCUT2D eigenvalue weighted by molar-refractivity contribution is 6.29. The lowest BCUT2D eigenvalue weighted by Gasteiger charge is -2.14. The average molecular weight is 368 g/mol. The third-order valence-electron chi connectivity index (χ3n) is 4.27. The fourth-order valence-electron chi connectivity index (χ4n) is 3.22. The van der Waals surface area contributed by atoms with Gasteiger partial charge in [0.05, 0.1) is 0 Å². The summed E-state index contributed by atoms with van der Waals surface area (Å²) in [7, 11) is 0. The van der Waals surface area contributed by atoms with Crippen molar-refractivity contribution >= 4 is 23.6 Å². The minimum atomic E-state index is -0.711. The highest BCUT2D eigenvalue weighted by atomic mass is 35.5. The van der Waals surface area contributed by atoms with Crippen molar-refractivity contribution in [3.8, 4) is 11.1 Å². The van der Waals surface area contributed by atoms with Crippen LogP contribution in [0.4, 0.5) is 10.7 Å². The van der Waals surface area contributed by atoms with Crippen molar-refractivity contribution in [3.05, 3.63) is 81.2 Å². The summed E-state index contributed by atoms with van der Waals surface area (Å²) in [5.41, 5.74) is 4.08. The van der Waals surface area contributed by atoms with Crippen LogP contribution in [-0.4, -0.2) is 22.7 Å². The Balaban J connectivity index is 1.51. The number of aromatic nitrogens is 2. The molecule has 6 nitrogen and oxygen atoms in total. The van der Waals surface area contributed by atoms with Crippen LogP contribution in [-0.2, 0) is 4.74 Å². The zero-order chi connectivity index (χ0) is 18.1. The van der Waals surface area contributed by atoms with Crippen LogP contribution in [0, 0.1) is 0 Å². The van der Waals surface area contributed by atoms with Crippen molar-refractivity contribution < 1.29 is 9.53 Å². The molecule has 7 heteroatoms. The van der Waals surface area contributed by atoms with Crippen molar-refractivity contribution in [1.29, 1.82) is 0 Å². The van der Waals surface area contributed by atoms with Gasteiger partial charge in [0.1, 0.15) is 11.8 Å². The van der Waals surface area contributed by atoms with Gasteiger partial charge in [-0.25, -0.2) is 9.78 Å². The largest absolute Gasteiger partial charge is 0.448 e. The third-order valence-corrected chi connectivity index (χ3v) is 4.47. The van der Waals surface area contributed by atoms with E-state index in [0.717, 1.165) is 28.3 Å². The fraction of sp³-hybridized carbons (Fsp3) is 0.105. The molecule has 1 aliphatic carbocycles. The number of hydrogen-bond donors (Lipinski definition) is 2. The van der Waals surface area contributed by atoms with Crippen LogP contribution >= 0.6 is 11.6 Å². The second kappa shape index (κ2) is 6.65. The summed E-state index contributed by atoms with van der Waals surface area (Å²) < 4.78 is 5.37. The number of anilines is 1. The molecule has 2 N–H and O–H groups in total. The van der Waals surface area contributed by atoms with Crippen molar-refractivity contribution in [2.45, 2.75) is 5.92 Å². The smallest absolute Gasteiger partial charge is 0.414 e. The topological polar surface area (TPSA) is 84.1 Å². The maximum Gasteiger partial charge on any atom is 0.414 e. The first kappa shape index (κ1) is 16.4. The van der Waals surface area contributed by atoms with E-state index >= 15 is 0 Å². The molecule has 0 atom stereocenters. The molecule has 130 valence electrons. The predicted octanol–water partition coefficient (Wildman–Crippen LogP) is 3.78. The minimum absolute atomic E-state index is 0.0114. The number of fused-ring (bicyclic) bond motifs is 3. The highest BCUT2D eigenvalue weighted by Crippen LogP contribution is 2.44. The van der Waals surface area contributed by atoms with Gasteiger partial charge < -0.3 is 4.74 Å². The Bertz CT molecular complexity index is 1000. The Morgan fingerprint density at radius 3 is 2.35 bits per heavy atom. The van der Waals surface area contributed by atoms with E-state index in [2.05, 4.69) is 27.4 Å². The summed E-state index contributed by atoms with van der Waals surface area (Å²) in [6.07, 6.45) is -0.711. The average Bonchev–Trinajstić information content (AvgIpc) is 2.93. The van der Waals surface area contributed by atoms with Crippen molar-refractivity contribution in [3.63, 3.8) is 0 Å². The van der Waals surface area contributed by atoms with Crippen LogP contribution in [0.3, 0.4) is 0 Å². The maximum absolute atomic E-state index is 12.1. The monoisotopic (exact) mass is 367 g/mol. The number of hydrogen-bond acceptors (Lipinski definition) is 4. The van der Waals surface area contributed by atoms with Gasteiger partial charge in [-0.3, -0.25) is 15.1 Å². The van der Waals surface area contributed by atoms with Crippen molar-refractivity contribution in [1.82, 2.24) is 9.97 Å². The minimum Gasteiger partial charge on any atom is -0.448 e. The zero-order valence-electron chi connectivity index (χ0n) is 13.5. The summed E-state index contributed by atoms with van der Waals surface area (Å²) in [5.74, 6) is -0.0979. The molecule has 0 bridgehead atoms. The van der Waals surface area contributed by atoms with Gasteiger partial charge in [-0.2, -0.15) is 0 Å². The van der Waals surface area contributed by atoms with Gasteiger partial charge in [0, 0.05) is 12.0 Å². The molecule has 0 fully saturated rings. The highest BCUT2D eigenvalue weighted by Gasteiger charge is 2.29. The van der Waals surface area contributed by atoms with Crippen molar-refractivity contribution in [2.75, 3.05) is 11.9 Å². The van der Waals surface area contributed by atoms with Crippen LogP contribution in [0.15, 0.2) is 59.4 Å². The molecule has 0 saturated carbocycles. The van der Waals surface area contributed by atoms with Crippen LogP contribution in [0.5, 0.6) is 0 Å². The normalized spacial score (nSPS) is 12.3. The Hall–Kier alpha value is -3.12. The SMILES string of the molecule is O=C(Nc1nc(Cl)cc(=O)[nH]1)OCC1c2ccccc2-c2ccccc21. The van der Waals surface area contributed by atoms with Gasteiger partial charge in [0.15, 0.2) is 0 Å². The third kappa shape index (κ3) is 3.07. The number of benzene rings is 2. The molecule has 2 aromatic carbocycles. The van der Waals surface area contributed by atoms with E-state index in [1.165, 1.54) is 0 Å². The number of ether oxygens (including phenoxy) is 1. The summed E-state index contributed by atoms with van der Waals surface area (Å²) in [6.45, 7) is 0.171. The van der Waals surface area contributed by atoms with Crippen molar-refractivity contribution in [2.24, 2.45) is 0 Å². The first-order chi connectivity index (χ1) is 12.6. The number of carbonyl (C=O) groups is 1. The van der Waals surface area contributed by atoms with Gasteiger partial charge in [0.25, 0.3) is 5.56 Å². The lowest BCUT2D eigenvalue weighted by atomic mass is 9.98. The molecular weight excluding hydrogens is 354 g/mol. The number of aromatic amines is 1. The lowest BCUT2D eigenvalue weighted by molar-refractivity contribution is 0.158. The molecule has 0 spiro atoms. The predicted molar refractivity (Wildman–Crippen MR) is 98.6 cm³/mol. The van der Waals surface area contributed by atoms with Crippen LogP contribution < -0.4 is 10.9 Å². The number of amides is 1. The molecule has 0 radical (unpaired) electrons. The zero-order valence-corrected chi connectivity index (χ0v) is 14.3. The van der Waals surface area contributed by atoms with Gasteiger partial charge in [-0.05, 0) is 22.3 Å². The Morgan fingerprint density at radius 2 is 1.73 bits per heavy atom. The quantitative estimate of drug-likeness (QED) is 0.690. The Morgan fingerprint density at radius 1 is 1.12 bits per heavy atom. The van der Waals surface area contributed by atoms with E-state index in [-0.39, 0.29) is 23.6 Å². The molecule has 1 aromatic heterocycles. The van der Waals surface area contributed by atoms with Crippen LogP contribution in [0.2, 0.25) is 5.15 Å². The molecule has 4 rings (SSSR count). The Labute approximate surface area is 153 Å². The molecule has 0 saturated heterocycles. The second-order valence-corrected chi connectivity index (χ2v) is 6.25. The number of halogens is 1. The van der Waals surface area contributed by atoms with E-state index in [1.54, 1.807) is 0 Å². The first-order valence-electron chi connectivity index (χ1n) is 8.00. The van der Waals surface area contributed by atoms with Crippen LogP contribution in [0.1, 0.15) is 17.0 Å². The standard InChI is InChI=1S/C19H14ClN3O3/c20-16-9-17(24)22-18(21-16)23-19(25)26-10-15-13-7-3-1-5-11(13)12-6-2-4-8-14(12)15/h1-9,15H,10H2,(H2,21,22,23,24,25). The second-order valence-electron chi connectivity index (χ2n) is 5.87. The van der Waals surface area contributed by atoms with Gasteiger partial charge in [0.2, 0.25) is 5.95 Å². The van der Waals surface area contributed by atoms with E-state index in [1.807, 2.05) is 36.4 Å². The van der Waals surface area contributed by atoms with Gasteiger partial charge >= 0.3 is 6.09 Å². The lowest BCUT2D eigenvalue weighted by Crippen LogP contribution is -2.21. The van der Waals surface area contributed by atoms with Crippen LogP contribution in [0.25, 0.3) is 11.1 Å². The number of carbonyl (C=O) groups excluding carboxylic acids is 1. The molecule has 1 amide bonds. The number of nitrogens with one attached hydrogen (secondary N) is 2. The molecule has 1 aliphatic rings. The van der Waals surface area contributed by atoms with Gasteiger partial charge in [-0.1, -0.05) is 60.1 Å². The maximum atomic E-state index is 12.1. The summed E-state index contributed by atoms with van der Waals surface area (Å²) in [5, 5.41) is 2.37. The number of nitrogens with zero attached hydrogens (tertiary/aromatic N) is 1. The summed E-state index contributed by atoms with van der Waals surface area (Å²) in [4.78, 5) is 29.6.